The number of likely N-dealkylation sites (tertiary alicyclic amines) is 1. The third kappa shape index (κ3) is 4.04. The van der Waals surface area contributed by atoms with Crippen LogP contribution in [0.25, 0.3) is 0 Å². The fraction of sp³-hybridized carbons (Fsp3) is 1.00. The summed E-state index contributed by atoms with van der Waals surface area (Å²) >= 11 is 0. The van der Waals surface area contributed by atoms with Gasteiger partial charge in [0.05, 0.1) is 0 Å². The molecule has 0 radical (unpaired) electrons. The van der Waals surface area contributed by atoms with E-state index < -0.39 is 0 Å². The maximum atomic E-state index is 3.33. The quantitative estimate of drug-likeness (QED) is 0.766. The van der Waals surface area contributed by atoms with E-state index >= 15 is 0 Å². The van der Waals surface area contributed by atoms with Crippen molar-refractivity contribution in [2.75, 3.05) is 34.2 Å². The minimum absolute atomic E-state index is 0.610. The van der Waals surface area contributed by atoms with Crippen LogP contribution in [0.1, 0.15) is 33.1 Å². The highest BCUT2D eigenvalue weighted by Crippen LogP contribution is 2.17. The first-order valence-corrected chi connectivity index (χ1v) is 6.62. The first kappa shape index (κ1) is 13.9. The Morgan fingerprint density at radius 2 is 2.12 bits per heavy atom. The number of nitrogens with one attached hydrogen (secondary N) is 1. The van der Waals surface area contributed by atoms with Crippen LogP contribution in [-0.2, 0) is 0 Å². The molecular weight excluding hydrogens is 198 g/mol. The second-order valence-electron chi connectivity index (χ2n) is 5.50. The number of rotatable bonds is 5. The molecule has 1 aliphatic heterocycles. The third-order valence-corrected chi connectivity index (χ3v) is 4.06. The van der Waals surface area contributed by atoms with Crippen molar-refractivity contribution < 1.29 is 0 Å². The van der Waals surface area contributed by atoms with Crippen LogP contribution in [0, 0.1) is 0 Å². The van der Waals surface area contributed by atoms with Gasteiger partial charge in [-0.05, 0) is 60.8 Å². The first-order chi connectivity index (χ1) is 7.54. The molecule has 16 heavy (non-hydrogen) atoms. The van der Waals surface area contributed by atoms with Crippen molar-refractivity contribution in [3.8, 4) is 0 Å². The van der Waals surface area contributed by atoms with E-state index in [1.165, 1.54) is 32.4 Å². The van der Waals surface area contributed by atoms with Gasteiger partial charge in [-0.25, -0.2) is 0 Å². The van der Waals surface area contributed by atoms with Crippen molar-refractivity contribution in [2.24, 2.45) is 0 Å². The highest BCUT2D eigenvalue weighted by molar-refractivity contribution is 4.81. The average molecular weight is 227 g/mol. The van der Waals surface area contributed by atoms with Crippen LogP contribution >= 0.6 is 0 Å². The molecule has 0 bridgehead atoms. The van der Waals surface area contributed by atoms with Crippen LogP contribution in [0.2, 0.25) is 0 Å². The van der Waals surface area contributed by atoms with Crippen LogP contribution in [0.3, 0.4) is 0 Å². The maximum absolute atomic E-state index is 3.33. The summed E-state index contributed by atoms with van der Waals surface area (Å²) < 4.78 is 0. The van der Waals surface area contributed by atoms with Gasteiger partial charge in [0, 0.05) is 24.7 Å². The van der Waals surface area contributed by atoms with Gasteiger partial charge in [-0.15, -0.1) is 0 Å². The van der Waals surface area contributed by atoms with Crippen molar-refractivity contribution in [1.29, 1.82) is 0 Å². The first-order valence-electron chi connectivity index (χ1n) is 6.62. The van der Waals surface area contributed by atoms with Crippen LogP contribution in [-0.4, -0.2) is 62.2 Å². The molecule has 1 aliphatic rings. The lowest BCUT2D eigenvalue weighted by atomic mass is 10.0. The molecule has 1 fully saturated rings. The maximum Gasteiger partial charge on any atom is 0.0223 e. The zero-order valence-corrected chi connectivity index (χ0v) is 11.7. The molecule has 1 N–H and O–H groups in total. The average Bonchev–Trinajstić information content (AvgIpc) is 2.27. The molecule has 3 heteroatoms. The van der Waals surface area contributed by atoms with E-state index in [1.54, 1.807) is 0 Å². The number of hydrogen-bond donors (Lipinski definition) is 1. The molecule has 0 aliphatic carbocycles. The Labute approximate surface area is 101 Å². The van der Waals surface area contributed by atoms with E-state index in [4.69, 9.17) is 0 Å². The van der Waals surface area contributed by atoms with Gasteiger partial charge in [0.25, 0.3) is 0 Å². The summed E-state index contributed by atoms with van der Waals surface area (Å²) in [5.74, 6) is 0. The van der Waals surface area contributed by atoms with Gasteiger partial charge in [-0.1, -0.05) is 0 Å². The predicted octanol–water partition coefficient (Wildman–Crippen LogP) is 1.40. The van der Waals surface area contributed by atoms with Crippen molar-refractivity contribution in [3.05, 3.63) is 0 Å². The SMILES string of the molecule is CNC(C)CC(C)N(C)C1CCCN(C)C1. The molecule has 0 saturated carbocycles. The topological polar surface area (TPSA) is 18.5 Å². The molecular formula is C13H29N3. The number of nitrogens with zero attached hydrogens (tertiary/aromatic N) is 2. The van der Waals surface area contributed by atoms with Crippen LogP contribution in [0.5, 0.6) is 0 Å². The van der Waals surface area contributed by atoms with Gasteiger partial charge >= 0.3 is 0 Å². The Hall–Kier alpha value is -0.120. The Bertz CT molecular complexity index is 196. The van der Waals surface area contributed by atoms with E-state index in [1.807, 2.05) is 7.05 Å². The van der Waals surface area contributed by atoms with Crippen LogP contribution in [0.4, 0.5) is 0 Å². The van der Waals surface area contributed by atoms with E-state index in [9.17, 15) is 0 Å². The molecule has 1 heterocycles. The summed E-state index contributed by atoms with van der Waals surface area (Å²) in [6, 6.07) is 2.02. The molecule has 3 nitrogen and oxygen atoms in total. The zero-order valence-electron chi connectivity index (χ0n) is 11.7. The monoisotopic (exact) mass is 227 g/mol. The van der Waals surface area contributed by atoms with Crippen molar-refractivity contribution in [3.63, 3.8) is 0 Å². The molecule has 1 saturated heterocycles. The van der Waals surface area contributed by atoms with E-state index in [0.717, 1.165) is 6.04 Å². The highest BCUT2D eigenvalue weighted by atomic mass is 15.2. The summed E-state index contributed by atoms with van der Waals surface area (Å²) in [5, 5.41) is 3.33. The number of hydrogen-bond acceptors (Lipinski definition) is 3. The largest absolute Gasteiger partial charge is 0.317 e. The van der Waals surface area contributed by atoms with E-state index in [-0.39, 0.29) is 0 Å². The predicted molar refractivity (Wildman–Crippen MR) is 70.9 cm³/mol. The Kier molecular flexibility index (Phi) is 5.73. The number of likely N-dealkylation sites (N-methyl/N-ethyl adjacent to an activating group) is 2. The van der Waals surface area contributed by atoms with Gasteiger partial charge in [0.2, 0.25) is 0 Å². The normalized spacial score (nSPS) is 27.0. The fourth-order valence-electron chi connectivity index (χ4n) is 2.63. The van der Waals surface area contributed by atoms with Gasteiger partial charge < -0.3 is 10.2 Å². The highest BCUT2D eigenvalue weighted by Gasteiger charge is 2.24. The zero-order chi connectivity index (χ0) is 12.1. The second kappa shape index (κ2) is 6.58. The lowest BCUT2D eigenvalue weighted by molar-refractivity contribution is 0.0979. The van der Waals surface area contributed by atoms with E-state index in [2.05, 4.69) is 43.1 Å². The lowest BCUT2D eigenvalue weighted by Gasteiger charge is -2.39. The third-order valence-electron chi connectivity index (χ3n) is 4.06. The minimum atomic E-state index is 0.610. The summed E-state index contributed by atoms with van der Waals surface area (Å²) in [5.41, 5.74) is 0. The lowest BCUT2D eigenvalue weighted by Crippen LogP contribution is -2.49. The summed E-state index contributed by atoms with van der Waals surface area (Å²) in [4.78, 5) is 5.03. The standard InChI is InChI=1S/C13H29N3/c1-11(14-3)9-12(2)16(5)13-7-6-8-15(4)10-13/h11-14H,6-10H2,1-5H3. The molecule has 0 spiro atoms. The van der Waals surface area contributed by atoms with Gasteiger partial charge in [0.15, 0.2) is 0 Å². The van der Waals surface area contributed by atoms with Crippen molar-refractivity contribution >= 4 is 0 Å². The molecule has 0 aromatic rings. The molecule has 0 amide bonds. The molecule has 0 aromatic carbocycles. The van der Waals surface area contributed by atoms with Gasteiger partial charge in [0.1, 0.15) is 0 Å². The van der Waals surface area contributed by atoms with Gasteiger partial charge in [-0.2, -0.15) is 0 Å². The fourth-order valence-corrected chi connectivity index (χ4v) is 2.63. The molecule has 3 unspecified atom stereocenters. The summed E-state index contributed by atoms with van der Waals surface area (Å²) in [6.07, 6.45) is 3.94. The summed E-state index contributed by atoms with van der Waals surface area (Å²) in [6.45, 7) is 7.11. The number of piperidine rings is 1. The Morgan fingerprint density at radius 3 is 2.69 bits per heavy atom. The molecule has 96 valence electrons. The smallest absolute Gasteiger partial charge is 0.0223 e. The molecule has 1 rings (SSSR count). The Balaban J connectivity index is 2.39. The van der Waals surface area contributed by atoms with Gasteiger partial charge in [-0.3, -0.25) is 4.90 Å². The Morgan fingerprint density at radius 1 is 1.44 bits per heavy atom. The van der Waals surface area contributed by atoms with Crippen LogP contribution < -0.4 is 5.32 Å². The summed E-state index contributed by atoms with van der Waals surface area (Å²) in [7, 11) is 6.57. The molecule has 0 aromatic heterocycles. The van der Waals surface area contributed by atoms with Crippen molar-refractivity contribution in [2.45, 2.75) is 51.2 Å². The van der Waals surface area contributed by atoms with Crippen LogP contribution in [0.15, 0.2) is 0 Å². The van der Waals surface area contributed by atoms with Crippen molar-refractivity contribution in [1.82, 2.24) is 15.1 Å². The molecule has 3 atom stereocenters. The second-order valence-corrected chi connectivity index (χ2v) is 5.50. The van der Waals surface area contributed by atoms with E-state index in [0.29, 0.717) is 12.1 Å². The minimum Gasteiger partial charge on any atom is -0.317 e.